The first-order chi connectivity index (χ1) is 12.0. The van der Waals surface area contributed by atoms with Crippen LogP contribution in [0.2, 0.25) is 0 Å². The highest BCUT2D eigenvalue weighted by Gasteiger charge is 2.19. The van der Waals surface area contributed by atoms with Crippen LogP contribution in [-0.2, 0) is 9.47 Å². The van der Waals surface area contributed by atoms with Crippen LogP contribution in [0.4, 0.5) is 9.59 Å². The van der Waals surface area contributed by atoms with Gasteiger partial charge in [-0.1, -0.05) is 0 Å². The van der Waals surface area contributed by atoms with Crippen LogP contribution >= 0.6 is 23.5 Å². The van der Waals surface area contributed by atoms with Gasteiger partial charge in [0, 0.05) is 36.3 Å². The highest BCUT2D eigenvalue weighted by Crippen LogP contribution is 2.35. The largest absolute Gasteiger partial charge is 0.448 e. The van der Waals surface area contributed by atoms with Crippen molar-refractivity contribution < 1.29 is 19.1 Å². The number of aromatic nitrogens is 4. The molecule has 0 aromatic carbocycles. The zero-order valence-electron chi connectivity index (χ0n) is 14.0. The summed E-state index contributed by atoms with van der Waals surface area (Å²) in [4.78, 5) is 30.9. The van der Waals surface area contributed by atoms with E-state index in [1.165, 1.54) is 34.2 Å². The Labute approximate surface area is 154 Å². The van der Waals surface area contributed by atoms with Gasteiger partial charge in [-0.2, -0.15) is 0 Å². The normalized spacial score (nSPS) is 11.3. The summed E-state index contributed by atoms with van der Waals surface area (Å²) in [5.74, 6) is 1.35. The number of carbonyl (C=O) groups excluding carboxylic acids is 2. The highest BCUT2D eigenvalue weighted by molar-refractivity contribution is 8.18. The van der Waals surface area contributed by atoms with Crippen molar-refractivity contribution in [3.05, 3.63) is 37.4 Å². The minimum absolute atomic E-state index is 0.0805. The van der Waals surface area contributed by atoms with E-state index in [4.69, 9.17) is 9.47 Å². The number of hydrogen-bond acceptors (Lipinski definition) is 8. The highest BCUT2D eigenvalue weighted by atomic mass is 32.2. The van der Waals surface area contributed by atoms with Crippen molar-refractivity contribution in [3.8, 4) is 0 Å². The third kappa shape index (κ3) is 6.83. The first-order valence-electron chi connectivity index (χ1n) is 7.56. The maximum absolute atomic E-state index is 11.6. The van der Waals surface area contributed by atoms with Gasteiger partial charge >= 0.3 is 12.2 Å². The lowest BCUT2D eigenvalue weighted by Crippen LogP contribution is -2.18. The van der Waals surface area contributed by atoms with E-state index in [-0.39, 0.29) is 4.08 Å². The second-order valence-electron chi connectivity index (χ2n) is 5.27. The first-order valence-corrected chi connectivity index (χ1v) is 9.53. The minimum atomic E-state index is -0.435. The summed E-state index contributed by atoms with van der Waals surface area (Å²) in [5.41, 5.74) is 0. The predicted molar refractivity (Wildman–Crippen MR) is 96.9 cm³/mol. The summed E-state index contributed by atoms with van der Waals surface area (Å²) in [5, 5.41) is 0. The van der Waals surface area contributed by atoms with Gasteiger partial charge in [0.05, 0.1) is 4.08 Å². The molecule has 0 fully saturated rings. The number of hydrogen-bond donors (Lipinski definition) is 0. The minimum Gasteiger partial charge on any atom is -0.448 e. The SMILES string of the molecule is CC(C)(SCCOC(=O)n1ccnc1)SCCOC(=O)n1ccnc1. The van der Waals surface area contributed by atoms with Crippen molar-refractivity contribution in [1.29, 1.82) is 0 Å². The Hall–Kier alpha value is -1.94. The number of thioether (sulfide) groups is 2. The molecule has 8 nitrogen and oxygen atoms in total. The van der Waals surface area contributed by atoms with Crippen LogP contribution in [0.1, 0.15) is 13.8 Å². The van der Waals surface area contributed by atoms with Crippen LogP contribution < -0.4 is 0 Å². The molecule has 136 valence electrons. The molecule has 25 heavy (non-hydrogen) atoms. The van der Waals surface area contributed by atoms with Gasteiger partial charge in [0.2, 0.25) is 0 Å². The van der Waals surface area contributed by atoms with Crippen molar-refractivity contribution in [1.82, 2.24) is 19.1 Å². The van der Waals surface area contributed by atoms with E-state index >= 15 is 0 Å². The van der Waals surface area contributed by atoms with Gasteiger partial charge in [0.15, 0.2) is 0 Å². The Morgan fingerprint density at radius 3 is 1.72 bits per heavy atom. The van der Waals surface area contributed by atoms with E-state index in [0.29, 0.717) is 24.7 Å². The van der Waals surface area contributed by atoms with Crippen LogP contribution in [-0.4, -0.2) is 60.1 Å². The zero-order valence-corrected chi connectivity index (χ0v) is 15.7. The van der Waals surface area contributed by atoms with Crippen molar-refractivity contribution in [2.45, 2.75) is 17.9 Å². The van der Waals surface area contributed by atoms with Crippen LogP contribution in [0.15, 0.2) is 37.4 Å². The smallest absolute Gasteiger partial charge is 0.419 e. The molecular weight excluding hydrogens is 364 g/mol. The lowest BCUT2D eigenvalue weighted by atomic mass is 10.5. The molecule has 0 aliphatic heterocycles. The number of imidazole rings is 2. The molecule has 0 aliphatic rings. The van der Waals surface area contributed by atoms with E-state index in [1.54, 1.807) is 35.9 Å². The van der Waals surface area contributed by atoms with E-state index < -0.39 is 12.2 Å². The number of carbonyl (C=O) groups is 2. The third-order valence-electron chi connectivity index (χ3n) is 2.95. The Balaban J connectivity index is 1.56. The predicted octanol–water partition coefficient (Wildman–Crippen LogP) is 2.95. The van der Waals surface area contributed by atoms with Crippen LogP contribution in [0.25, 0.3) is 0 Å². The quantitative estimate of drug-likeness (QED) is 0.507. The lowest BCUT2D eigenvalue weighted by Gasteiger charge is -2.23. The molecule has 10 heteroatoms. The van der Waals surface area contributed by atoms with Gasteiger partial charge in [-0.3, -0.25) is 0 Å². The molecule has 0 N–H and O–H groups in total. The maximum atomic E-state index is 11.6. The summed E-state index contributed by atoms with van der Waals surface area (Å²) in [6, 6.07) is 0. The summed E-state index contributed by atoms with van der Waals surface area (Å²) < 4.78 is 12.8. The standard InChI is InChI=1S/C15H20N4O4S2/c1-15(2,24-9-7-22-13(20)18-5-3-16-11-18)25-10-8-23-14(21)19-6-4-17-12-19/h3-6,11-12H,7-10H2,1-2H3. The van der Waals surface area contributed by atoms with Gasteiger partial charge in [-0.05, 0) is 13.8 Å². The fraction of sp³-hybridized carbons (Fsp3) is 0.467. The Morgan fingerprint density at radius 2 is 1.36 bits per heavy atom. The molecule has 0 saturated carbocycles. The fourth-order valence-electron chi connectivity index (χ4n) is 1.76. The second-order valence-corrected chi connectivity index (χ2v) is 8.96. The molecule has 0 spiro atoms. The topological polar surface area (TPSA) is 88.2 Å². The number of rotatable bonds is 8. The molecule has 0 radical (unpaired) electrons. The van der Waals surface area contributed by atoms with E-state index in [9.17, 15) is 9.59 Å². The Bertz CT molecular complexity index is 603. The summed E-state index contributed by atoms with van der Waals surface area (Å²) in [6.07, 6.45) is 8.07. The zero-order chi connectivity index (χ0) is 18.1. The third-order valence-corrected chi connectivity index (χ3v) is 5.79. The van der Waals surface area contributed by atoms with Crippen LogP contribution in [0, 0.1) is 0 Å². The van der Waals surface area contributed by atoms with Crippen LogP contribution in [0.3, 0.4) is 0 Å². The van der Waals surface area contributed by atoms with Crippen LogP contribution in [0.5, 0.6) is 0 Å². The fourth-order valence-corrected chi connectivity index (χ4v) is 3.91. The summed E-state index contributed by atoms with van der Waals surface area (Å²) in [6.45, 7) is 4.80. The average molecular weight is 384 g/mol. The molecular formula is C15H20N4O4S2. The second kappa shape index (κ2) is 9.52. The average Bonchev–Trinajstić information content (AvgIpc) is 3.28. The van der Waals surface area contributed by atoms with Crippen molar-refractivity contribution in [2.24, 2.45) is 0 Å². The molecule has 0 aliphatic carbocycles. The van der Waals surface area contributed by atoms with Gasteiger partial charge in [0.1, 0.15) is 25.9 Å². The Morgan fingerprint density at radius 1 is 0.920 bits per heavy atom. The van der Waals surface area contributed by atoms with Gasteiger partial charge in [0.25, 0.3) is 0 Å². The first kappa shape index (κ1) is 19.4. The molecule has 2 aromatic heterocycles. The Kier molecular flexibility index (Phi) is 7.38. The molecule has 0 unspecified atom stereocenters. The van der Waals surface area contributed by atoms with E-state index in [2.05, 4.69) is 23.8 Å². The molecule has 0 amide bonds. The molecule has 0 bridgehead atoms. The van der Waals surface area contributed by atoms with E-state index in [1.807, 2.05) is 0 Å². The maximum Gasteiger partial charge on any atom is 0.419 e. The molecule has 2 aromatic rings. The van der Waals surface area contributed by atoms with E-state index in [0.717, 1.165) is 0 Å². The van der Waals surface area contributed by atoms with Crippen molar-refractivity contribution >= 4 is 35.7 Å². The molecule has 0 atom stereocenters. The number of ether oxygens (including phenoxy) is 2. The van der Waals surface area contributed by atoms with Crippen molar-refractivity contribution in [3.63, 3.8) is 0 Å². The monoisotopic (exact) mass is 384 g/mol. The molecule has 2 heterocycles. The number of nitrogens with zero attached hydrogens (tertiary/aromatic N) is 4. The summed E-state index contributed by atoms with van der Waals surface area (Å²) >= 11 is 3.36. The lowest BCUT2D eigenvalue weighted by molar-refractivity contribution is 0.154. The van der Waals surface area contributed by atoms with Gasteiger partial charge in [-0.15, -0.1) is 23.5 Å². The van der Waals surface area contributed by atoms with Gasteiger partial charge < -0.3 is 9.47 Å². The summed E-state index contributed by atoms with van der Waals surface area (Å²) in [7, 11) is 0. The van der Waals surface area contributed by atoms with Crippen molar-refractivity contribution in [2.75, 3.05) is 24.7 Å². The molecule has 2 rings (SSSR count). The van der Waals surface area contributed by atoms with Gasteiger partial charge in [-0.25, -0.2) is 28.7 Å². The molecule has 0 saturated heterocycles.